The van der Waals surface area contributed by atoms with Gasteiger partial charge in [0.2, 0.25) is 0 Å². The van der Waals surface area contributed by atoms with E-state index < -0.39 is 0 Å². The van der Waals surface area contributed by atoms with Gasteiger partial charge in [0, 0.05) is 24.3 Å². The molecule has 2 heteroatoms. The first kappa shape index (κ1) is 12.2. The van der Waals surface area contributed by atoms with E-state index in [0.29, 0.717) is 18.6 Å². The van der Waals surface area contributed by atoms with Crippen LogP contribution >= 0.6 is 0 Å². The lowest BCUT2D eigenvalue weighted by Gasteiger charge is -2.18. The summed E-state index contributed by atoms with van der Waals surface area (Å²) in [6.07, 6.45) is 6.12. The molecule has 2 nitrogen and oxygen atoms in total. The van der Waals surface area contributed by atoms with Gasteiger partial charge in [-0.05, 0) is 30.9 Å². The highest BCUT2D eigenvalue weighted by Gasteiger charge is 2.29. The van der Waals surface area contributed by atoms with Crippen LogP contribution in [0.2, 0.25) is 0 Å². The van der Waals surface area contributed by atoms with E-state index in [9.17, 15) is 0 Å². The first-order valence-corrected chi connectivity index (χ1v) is 6.44. The zero-order valence-corrected chi connectivity index (χ0v) is 10.2. The molecular formula is C15H21NO. The Kier molecular flexibility index (Phi) is 4.21. The van der Waals surface area contributed by atoms with Crippen LogP contribution in [-0.2, 0) is 0 Å². The van der Waals surface area contributed by atoms with Gasteiger partial charge in [-0.3, -0.25) is 0 Å². The fraction of sp³-hybridized carbons (Fsp3) is 0.467. The van der Waals surface area contributed by atoms with Gasteiger partial charge in [0.25, 0.3) is 0 Å². The molecule has 0 aliphatic carbocycles. The van der Waals surface area contributed by atoms with Gasteiger partial charge in [0.1, 0.15) is 0 Å². The smallest absolute Gasteiger partial charge is 0.0431 e. The first-order valence-electron chi connectivity index (χ1n) is 6.44. The predicted octanol–water partition coefficient (Wildman–Crippen LogP) is 3.30. The molecule has 0 aromatic heterocycles. The number of anilines is 1. The average Bonchev–Trinajstić information content (AvgIpc) is 2.69. The number of rotatable bonds is 6. The summed E-state index contributed by atoms with van der Waals surface area (Å²) in [5, 5.41) is 12.5. The summed E-state index contributed by atoms with van der Waals surface area (Å²) in [6.45, 7) is 4.14. The summed E-state index contributed by atoms with van der Waals surface area (Å²) >= 11 is 0. The molecule has 0 saturated heterocycles. The summed E-state index contributed by atoms with van der Waals surface area (Å²) in [5.41, 5.74) is 2.70. The minimum absolute atomic E-state index is 0.300. The summed E-state index contributed by atoms with van der Waals surface area (Å²) in [5.74, 6) is 0.566. The van der Waals surface area contributed by atoms with E-state index in [2.05, 4.69) is 36.2 Å². The predicted molar refractivity (Wildman–Crippen MR) is 72.3 cm³/mol. The SMILES string of the molecule is C=CC[C@H]1Nc2ccccc2[C@H]1CCCCO. The molecule has 1 aromatic carbocycles. The number of unbranched alkanes of at least 4 members (excludes halogenated alkanes) is 1. The number of aliphatic hydroxyl groups is 1. The van der Waals surface area contributed by atoms with Crippen molar-refractivity contribution in [2.45, 2.75) is 37.6 Å². The van der Waals surface area contributed by atoms with Crippen molar-refractivity contribution in [2.24, 2.45) is 0 Å². The van der Waals surface area contributed by atoms with Crippen molar-refractivity contribution in [1.29, 1.82) is 0 Å². The van der Waals surface area contributed by atoms with Gasteiger partial charge in [-0.2, -0.15) is 0 Å². The zero-order valence-electron chi connectivity index (χ0n) is 10.2. The minimum Gasteiger partial charge on any atom is -0.396 e. The van der Waals surface area contributed by atoms with E-state index in [4.69, 9.17) is 5.11 Å². The third-order valence-corrected chi connectivity index (χ3v) is 3.53. The third-order valence-electron chi connectivity index (χ3n) is 3.53. The molecule has 1 aliphatic heterocycles. The Morgan fingerprint density at radius 1 is 1.29 bits per heavy atom. The van der Waals surface area contributed by atoms with Gasteiger partial charge in [-0.25, -0.2) is 0 Å². The summed E-state index contributed by atoms with van der Waals surface area (Å²) in [7, 11) is 0. The van der Waals surface area contributed by atoms with Crippen LogP contribution in [0.3, 0.4) is 0 Å². The van der Waals surface area contributed by atoms with Crippen LogP contribution in [-0.4, -0.2) is 17.8 Å². The minimum atomic E-state index is 0.300. The Labute approximate surface area is 103 Å². The van der Waals surface area contributed by atoms with Crippen LogP contribution in [0.5, 0.6) is 0 Å². The molecule has 2 N–H and O–H groups in total. The molecule has 92 valence electrons. The molecule has 0 radical (unpaired) electrons. The van der Waals surface area contributed by atoms with Crippen molar-refractivity contribution in [3.63, 3.8) is 0 Å². The summed E-state index contributed by atoms with van der Waals surface area (Å²) in [4.78, 5) is 0. The molecule has 1 aromatic rings. The Balaban J connectivity index is 2.09. The molecule has 0 bridgehead atoms. The maximum atomic E-state index is 8.87. The van der Waals surface area contributed by atoms with Crippen LogP contribution in [0.1, 0.15) is 37.2 Å². The Hall–Kier alpha value is -1.28. The molecule has 2 atom stereocenters. The Morgan fingerprint density at radius 2 is 2.12 bits per heavy atom. The monoisotopic (exact) mass is 231 g/mol. The second kappa shape index (κ2) is 5.87. The second-order valence-corrected chi connectivity index (χ2v) is 4.69. The molecule has 17 heavy (non-hydrogen) atoms. The van der Waals surface area contributed by atoms with E-state index in [0.717, 1.165) is 25.7 Å². The number of hydrogen-bond acceptors (Lipinski definition) is 2. The van der Waals surface area contributed by atoms with Gasteiger partial charge in [-0.1, -0.05) is 30.7 Å². The highest BCUT2D eigenvalue weighted by molar-refractivity contribution is 5.59. The fourth-order valence-corrected chi connectivity index (χ4v) is 2.70. The van der Waals surface area contributed by atoms with Crippen LogP contribution in [0.25, 0.3) is 0 Å². The Morgan fingerprint density at radius 3 is 2.88 bits per heavy atom. The molecule has 2 rings (SSSR count). The van der Waals surface area contributed by atoms with Gasteiger partial charge in [0.05, 0.1) is 0 Å². The maximum absolute atomic E-state index is 8.87. The zero-order chi connectivity index (χ0) is 12.1. The van der Waals surface area contributed by atoms with Crippen molar-refractivity contribution in [3.05, 3.63) is 42.5 Å². The lowest BCUT2D eigenvalue weighted by atomic mass is 9.88. The number of aliphatic hydroxyl groups excluding tert-OH is 1. The van der Waals surface area contributed by atoms with E-state index in [1.165, 1.54) is 11.3 Å². The number of fused-ring (bicyclic) bond motifs is 1. The van der Waals surface area contributed by atoms with Crippen LogP contribution in [0.4, 0.5) is 5.69 Å². The van der Waals surface area contributed by atoms with Crippen LogP contribution in [0.15, 0.2) is 36.9 Å². The largest absolute Gasteiger partial charge is 0.396 e. The summed E-state index contributed by atoms with van der Waals surface area (Å²) < 4.78 is 0. The van der Waals surface area contributed by atoms with E-state index in [1.807, 2.05) is 6.08 Å². The number of nitrogens with one attached hydrogen (secondary N) is 1. The summed E-state index contributed by atoms with van der Waals surface area (Å²) in [6, 6.07) is 9.03. The molecular weight excluding hydrogens is 210 g/mol. The molecule has 0 unspecified atom stereocenters. The Bertz CT molecular complexity index is 375. The van der Waals surface area contributed by atoms with Gasteiger partial charge in [0.15, 0.2) is 0 Å². The highest BCUT2D eigenvalue weighted by Crippen LogP contribution is 2.40. The van der Waals surface area contributed by atoms with Crippen molar-refractivity contribution in [3.8, 4) is 0 Å². The van der Waals surface area contributed by atoms with E-state index in [-0.39, 0.29) is 0 Å². The second-order valence-electron chi connectivity index (χ2n) is 4.69. The van der Waals surface area contributed by atoms with Crippen molar-refractivity contribution in [1.82, 2.24) is 0 Å². The molecule has 0 fully saturated rings. The molecule has 0 saturated carbocycles. The lowest BCUT2D eigenvalue weighted by molar-refractivity contribution is 0.280. The van der Waals surface area contributed by atoms with Crippen molar-refractivity contribution < 1.29 is 5.11 Å². The molecule has 0 amide bonds. The number of para-hydroxylation sites is 1. The van der Waals surface area contributed by atoms with Crippen molar-refractivity contribution in [2.75, 3.05) is 11.9 Å². The quantitative estimate of drug-likeness (QED) is 0.581. The van der Waals surface area contributed by atoms with Crippen LogP contribution in [0, 0.1) is 0 Å². The molecule has 1 aliphatic rings. The van der Waals surface area contributed by atoms with Crippen molar-refractivity contribution >= 4 is 5.69 Å². The lowest BCUT2D eigenvalue weighted by Crippen LogP contribution is -2.19. The highest BCUT2D eigenvalue weighted by atomic mass is 16.2. The standard InChI is InChI=1S/C15H21NO/c1-2-7-14-12(9-5-6-11-17)13-8-3-4-10-15(13)16-14/h2-4,8,10,12,14,16-17H,1,5-7,9,11H2/t12-,14-/m1/s1. The first-order chi connectivity index (χ1) is 8.36. The average molecular weight is 231 g/mol. The maximum Gasteiger partial charge on any atom is 0.0431 e. The number of benzene rings is 1. The molecule has 1 heterocycles. The fourth-order valence-electron chi connectivity index (χ4n) is 2.70. The van der Waals surface area contributed by atoms with Gasteiger partial charge < -0.3 is 10.4 Å². The normalized spacial score (nSPS) is 21.9. The van der Waals surface area contributed by atoms with Crippen LogP contribution < -0.4 is 5.32 Å². The molecule has 0 spiro atoms. The van der Waals surface area contributed by atoms with Gasteiger partial charge >= 0.3 is 0 Å². The van der Waals surface area contributed by atoms with E-state index >= 15 is 0 Å². The van der Waals surface area contributed by atoms with E-state index in [1.54, 1.807) is 0 Å². The number of hydrogen-bond donors (Lipinski definition) is 2. The third kappa shape index (κ3) is 2.70. The van der Waals surface area contributed by atoms with Gasteiger partial charge in [-0.15, -0.1) is 6.58 Å². The topological polar surface area (TPSA) is 32.3 Å².